The Kier molecular flexibility index (Phi) is 4.99. The lowest BCUT2D eigenvalue weighted by atomic mass is 9.87. The predicted molar refractivity (Wildman–Crippen MR) is 64.0 cm³/mol. The van der Waals surface area contributed by atoms with Gasteiger partial charge in [0.15, 0.2) is 0 Å². The van der Waals surface area contributed by atoms with Crippen molar-refractivity contribution in [2.75, 3.05) is 0 Å². The Morgan fingerprint density at radius 3 is 2.30 bits per heavy atom. The normalized spacial score (nSPS) is 16.3. The highest BCUT2D eigenvalue weighted by Gasteiger charge is 2.34. The number of carboxylic acids is 1. The summed E-state index contributed by atoms with van der Waals surface area (Å²) in [6.07, 6.45) is -6.25. The average Bonchev–Trinajstić information content (AvgIpc) is 2.34. The van der Waals surface area contributed by atoms with Gasteiger partial charge in [-0.15, -0.1) is 13.2 Å². The molecule has 112 valence electrons. The summed E-state index contributed by atoms with van der Waals surface area (Å²) < 4.78 is 40.7. The molecule has 0 spiro atoms. The largest absolute Gasteiger partial charge is 0.573 e. The number of ether oxygens (including phenoxy) is 1. The van der Waals surface area contributed by atoms with Crippen molar-refractivity contribution in [3.05, 3.63) is 29.8 Å². The number of alkyl halides is 3. The highest BCUT2D eigenvalue weighted by molar-refractivity contribution is 5.70. The summed E-state index contributed by atoms with van der Waals surface area (Å²) in [5, 5.41) is 19.0. The van der Waals surface area contributed by atoms with Crippen LogP contribution in [0.4, 0.5) is 13.2 Å². The van der Waals surface area contributed by atoms with Crippen LogP contribution in [0.3, 0.4) is 0 Å². The van der Waals surface area contributed by atoms with Crippen molar-refractivity contribution in [3.8, 4) is 5.75 Å². The van der Waals surface area contributed by atoms with Gasteiger partial charge in [-0.05, 0) is 12.0 Å². The van der Waals surface area contributed by atoms with Crippen LogP contribution >= 0.6 is 0 Å². The van der Waals surface area contributed by atoms with E-state index in [-0.39, 0.29) is 5.56 Å². The summed E-state index contributed by atoms with van der Waals surface area (Å²) in [6, 6.07) is 5.13. The van der Waals surface area contributed by atoms with Crippen LogP contribution in [0.1, 0.15) is 25.5 Å². The zero-order chi connectivity index (χ0) is 15.5. The van der Waals surface area contributed by atoms with Crippen molar-refractivity contribution >= 4 is 5.97 Å². The lowest BCUT2D eigenvalue weighted by Crippen LogP contribution is -2.25. The summed E-state index contributed by atoms with van der Waals surface area (Å²) in [5.41, 5.74) is -0.0922. The van der Waals surface area contributed by atoms with Crippen LogP contribution in [0.15, 0.2) is 24.3 Å². The van der Waals surface area contributed by atoms with E-state index in [0.717, 1.165) is 6.07 Å². The van der Waals surface area contributed by atoms with Gasteiger partial charge < -0.3 is 14.9 Å². The number of benzene rings is 1. The third-order valence-electron chi connectivity index (χ3n) is 3.14. The first-order valence-electron chi connectivity index (χ1n) is 5.89. The zero-order valence-corrected chi connectivity index (χ0v) is 10.9. The second kappa shape index (κ2) is 6.13. The van der Waals surface area contributed by atoms with Crippen LogP contribution in [0.5, 0.6) is 5.75 Å². The fraction of sp³-hybridized carbons (Fsp3) is 0.462. The molecule has 0 saturated carbocycles. The third-order valence-corrected chi connectivity index (χ3v) is 3.14. The lowest BCUT2D eigenvalue weighted by Gasteiger charge is -2.24. The van der Waals surface area contributed by atoms with E-state index in [1.54, 1.807) is 0 Å². The topological polar surface area (TPSA) is 66.8 Å². The molecule has 0 bridgehead atoms. The van der Waals surface area contributed by atoms with Gasteiger partial charge in [0.25, 0.3) is 0 Å². The molecule has 0 radical (unpaired) electrons. The van der Waals surface area contributed by atoms with Gasteiger partial charge in [-0.1, -0.05) is 32.0 Å². The number of aliphatic hydroxyl groups excluding tert-OH is 1. The standard InChI is InChI=1S/C13H15F3O4/c1-7(8(2)12(18)19)11(17)9-5-3-4-6-10(9)20-13(14,15)16/h3-8,11,17H,1-2H3,(H,18,19). The van der Waals surface area contributed by atoms with Crippen LogP contribution in [0.2, 0.25) is 0 Å². The molecule has 0 aliphatic carbocycles. The summed E-state index contributed by atoms with van der Waals surface area (Å²) in [5.74, 6) is -3.35. The Labute approximate surface area is 113 Å². The Hall–Kier alpha value is -1.76. The van der Waals surface area contributed by atoms with Crippen molar-refractivity contribution in [1.82, 2.24) is 0 Å². The fourth-order valence-corrected chi connectivity index (χ4v) is 1.72. The average molecular weight is 292 g/mol. The molecular formula is C13H15F3O4. The van der Waals surface area contributed by atoms with Crippen molar-refractivity contribution < 1.29 is 32.9 Å². The first-order valence-corrected chi connectivity index (χ1v) is 5.89. The molecule has 1 aromatic rings. The third kappa shape index (κ3) is 4.12. The zero-order valence-electron chi connectivity index (χ0n) is 10.9. The molecule has 4 nitrogen and oxygen atoms in total. The summed E-state index contributed by atoms with van der Waals surface area (Å²) in [7, 11) is 0. The van der Waals surface area contributed by atoms with Gasteiger partial charge in [0.2, 0.25) is 0 Å². The van der Waals surface area contributed by atoms with E-state index in [9.17, 15) is 23.1 Å². The van der Waals surface area contributed by atoms with Crippen molar-refractivity contribution in [1.29, 1.82) is 0 Å². The summed E-state index contributed by atoms with van der Waals surface area (Å²) in [4.78, 5) is 10.9. The predicted octanol–water partition coefficient (Wildman–Crippen LogP) is 2.98. The number of carbonyl (C=O) groups is 1. The smallest absolute Gasteiger partial charge is 0.481 e. The second-order valence-electron chi connectivity index (χ2n) is 4.52. The van der Waals surface area contributed by atoms with Gasteiger partial charge in [0, 0.05) is 5.56 Å². The molecule has 7 heteroatoms. The molecule has 20 heavy (non-hydrogen) atoms. The quantitative estimate of drug-likeness (QED) is 0.875. The van der Waals surface area contributed by atoms with Crippen molar-refractivity contribution in [2.45, 2.75) is 26.3 Å². The molecule has 0 amide bonds. The molecule has 2 N–H and O–H groups in total. The van der Waals surface area contributed by atoms with E-state index in [2.05, 4.69) is 4.74 Å². The van der Waals surface area contributed by atoms with E-state index in [0.29, 0.717) is 0 Å². The molecule has 0 fully saturated rings. The Bertz CT molecular complexity index is 473. The number of rotatable bonds is 5. The van der Waals surface area contributed by atoms with Gasteiger partial charge in [-0.3, -0.25) is 4.79 Å². The molecule has 1 aromatic carbocycles. The van der Waals surface area contributed by atoms with Crippen LogP contribution in [-0.4, -0.2) is 22.5 Å². The van der Waals surface area contributed by atoms with Gasteiger partial charge in [0.05, 0.1) is 12.0 Å². The van der Waals surface area contributed by atoms with E-state index < -0.39 is 36.0 Å². The minimum absolute atomic E-state index is 0.0922. The SMILES string of the molecule is CC(C(=O)O)C(C)C(O)c1ccccc1OC(F)(F)F. The maximum Gasteiger partial charge on any atom is 0.573 e. The summed E-state index contributed by atoms with van der Waals surface area (Å²) >= 11 is 0. The van der Waals surface area contributed by atoms with E-state index in [1.807, 2.05) is 0 Å². The maximum atomic E-state index is 12.3. The fourth-order valence-electron chi connectivity index (χ4n) is 1.72. The van der Waals surface area contributed by atoms with Gasteiger partial charge in [-0.25, -0.2) is 0 Å². The number of para-hydroxylation sites is 1. The first-order chi connectivity index (χ1) is 9.13. The van der Waals surface area contributed by atoms with E-state index in [1.165, 1.54) is 32.0 Å². The monoisotopic (exact) mass is 292 g/mol. The molecular weight excluding hydrogens is 277 g/mol. The van der Waals surface area contributed by atoms with E-state index >= 15 is 0 Å². The number of hydrogen-bond donors (Lipinski definition) is 2. The molecule has 0 aliphatic heterocycles. The summed E-state index contributed by atoms with van der Waals surface area (Å²) in [6.45, 7) is 2.83. The Morgan fingerprint density at radius 1 is 1.25 bits per heavy atom. The van der Waals surface area contributed by atoms with Crippen LogP contribution in [0.25, 0.3) is 0 Å². The van der Waals surface area contributed by atoms with Crippen molar-refractivity contribution in [3.63, 3.8) is 0 Å². The first kappa shape index (κ1) is 16.3. The molecule has 0 saturated heterocycles. The molecule has 0 heterocycles. The number of halogens is 3. The molecule has 3 unspecified atom stereocenters. The van der Waals surface area contributed by atoms with Crippen LogP contribution < -0.4 is 4.74 Å². The molecule has 0 aliphatic rings. The molecule has 3 atom stereocenters. The molecule has 0 aromatic heterocycles. The number of aliphatic carboxylic acids is 1. The number of hydrogen-bond acceptors (Lipinski definition) is 3. The maximum absolute atomic E-state index is 12.3. The Morgan fingerprint density at radius 2 is 1.80 bits per heavy atom. The Balaban J connectivity index is 3.04. The van der Waals surface area contributed by atoms with E-state index in [4.69, 9.17) is 5.11 Å². The van der Waals surface area contributed by atoms with Crippen LogP contribution in [0, 0.1) is 11.8 Å². The number of aliphatic hydroxyl groups is 1. The minimum Gasteiger partial charge on any atom is -0.481 e. The van der Waals surface area contributed by atoms with Gasteiger partial charge in [-0.2, -0.15) is 0 Å². The highest BCUT2D eigenvalue weighted by Crippen LogP contribution is 2.35. The number of carboxylic acid groups (broad SMARTS) is 1. The van der Waals surface area contributed by atoms with Crippen LogP contribution in [-0.2, 0) is 4.79 Å². The molecule has 1 rings (SSSR count). The van der Waals surface area contributed by atoms with Crippen molar-refractivity contribution in [2.24, 2.45) is 11.8 Å². The lowest BCUT2D eigenvalue weighted by molar-refractivity contribution is -0.275. The van der Waals surface area contributed by atoms with Gasteiger partial charge >= 0.3 is 12.3 Å². The van der Waals surface area contributed by atoms with Gasteiger partial charge in [0.1, 0.15) is 5.75 Å². The highest BCUT2D eigenvalue weighted by atomic mass is 19.4. The minimum atomic E-state index is -4.88. The second-order valence-corrected chi connectivity index (χ2v) is 4.52.